The van der Waals surface area contributed by atoms with Crippen LogP contribution in [-0.2, 0) is 9.53 Å². The lowest BCUT2D eigenvalue weighted by atomic mass is 10.1. The topological polar surface area (TPSA) is 26.3 Å². The van der Waals surface area contributed by atoms with Crippen LogP contribution in [-0.4, -0.2) is 12.1 Å². The summed E-state index contributed by atoms with van der Waals surface area (Å²) in [6.45, 7) is 14.4. The quantitative estimate of drug-likeness (QED) is 0.436. The van der Waals surface area contributed by atoms with Crippen LogP contribution in [0.15, 0.2) is 34.9 Å². The van der Waals surface area contributed by atoms with E-state index in [0.717, 1.165) is 16.7 Å². The van der Waals surface area contributed by atoms with Crippen LogP contribution in [0.25, 0.3) is 0 Å². The molecule has 0 saturated heterocycles. The minimum absolute atomic E-state index is 0.0107. The number of hydrogen-bond acceptors (Lipinski definition) is 2. The van der Waals surface area contributed by atoms with E-state index in [1.165, 1.54) is 5.57 Å². The van der Waals surface area contributed by atoms with E-state index in [-0.39, 0.29) is 29.3 Å². The Bertz CT molecular complexity index is 606. The Hall–Kier alpha value is -1.75. The zero-order valence-electron chi connectivity index (χ0n) is 14.3. The lowest BCUT2D eigenvalue weighted by molar-refractivity contribution is -0.149. The first-order chi connectivity index (χ1) is 10.2. The van der Waals surface area contributed by atoms with Crippen molar-refractivity contribution in [3.63, 3.8) is 0 Å². The normalized spacial score (nSPS) is 29.1. The van der Waals surface area contributed by atoms with Crippen LogP contribution in [0.4, 0.5) is 0 Å². The molecule has 0 heterocycles. The highest BCUT2D eigenvalue weighted by atomic mass is 16.5. The van der Waals surface area contributed by atoms with Gasteiger partial charge in [-0.2, -0.15) is 0 Å². The van der Waals surface area contributed by atoms with Crippen molar-refractivity contribution in [1.29, 1.82) is 0 Å². The molecule has 2 rings (SSSR count). The van der Waals surface area contributed by atoms with E-state index >= 15 is 0 Å². The van der Waals surface area contributed by atoms with Gasteiger partial charge in [-0.25, -0.2) is 0 Å². The highest BCUT2D eigenvalue weighted by Crippen LogP contribution is 2.60. The van der Waals surface area contributed by atoms with Crippen LogP contribution in [0.2, 0.25) is 0 Å². The van der Waals surface area contributed by atoms with Crippen LogP contribution in [0.3, 0.4) is 0 Å². The van der Waals surface area contributed by atoms with E-state index in [0.29, 0.717) is 12.8 Å². The zero-order chi connectivity index (χ0) is 16.7. The Balaban J connectivity index is 2.07. The molecule has 3 atom stereocenters. The monoisotopic (exact) mass is 298 g/mol. The van der Waals surface area contributed by atoms with Gasteiger partial charge in [-0.1, -0.05) is 32.1 Å². The van der Waals surface area contributed by atoms with E-state index in [9.17, 15) is 4.79 Å². The molecule has 2 aliphatic carbocycles. The predicted octanol–water partition coefficient (Wildman–Crippen LogP) is 4.44. The third-order valence-electron chi connectivity index (χ3n) is 5.03. The molecule has 0 aromatic carbocycles. The Labute approximate surface area is 134 Å². The van der Waals surface area contributed by atoms with E-state index < -0.39 is 0 Å². The van der Waals surface area contributed by atoms with Crippen LogP contribution in [0, 0.1) is 29.6 Å². The molecule has 0 aliphatic heterocycles. The van der Waals surface area contributed by atoms with Crippen molar-refractivity contribution in [3.8, 4) is 12.3 Å². The summed E-state index contributed by atoms with van der Waals surface area (Å²) in [5, 5.41) is 0. The summed E-state index contributed by atoms with van der Waals surface area (Å²) >= 11 is 0. The third kappa shape index (κ3) is 2.90. The van der Waals surface area contributed by atoms with E-state index in [4.69, 9.17) is 11.2 Å². The Morgan fingerprint density at radius 3 is 2.68 bits per heavy atom. The molecule has 1 fully saturated rings. The van der Waals surface area contributed by atoms with Gasteiger partial charge in [0.15, 0.2) is 0 Å². The zero-order valence-corrected chi connectivity index (χ0v) is 14.3. The van der Waals surface area contributed by atoms with Gasteiger partial charge in [0.05, 0.1) is 5.92 Å². The molecule has 2 heteroatoms. The van der Waals surface area contributed by atoms with Crippen LogP contribution < -0.4 is 0 Å². The summed E-state index contributed by atoms with van der Waals surface area (Å²) in [6, 6.07) is 0. The summed E-state index contributed by atoms with van der Waals surface area (Å²) in [7, 11) is 0. The average molecular weight is 298 g/mol. The first-order valence-electron chi connectivity index (χ1n) is 7.87. The number of carbonyl (C=O) groups excluding carboxylic acids is 1. The van der Waals surface area contributed by atoms with Crippen molar-refractivity contribution >= 4 is 5.97 Å². The molecule has 1 unspecified atom stereocenters. The molecule has 0 bridgehead atoms. The maximum atomic E-state index is 12.5. The summed E-state index contributed by atoms with van der Waals surface area (Å²) in [6.07, 6.45) is 8.64. The lowest BCUT2D eigenvalue weighted by Gasteiger charge is -2.14. The maximum absolute atomic E-state index is 12.5. The lowest BCUT2D eigenvalue weighted by Crippen LogP contribution is -2.20. The van der Waals surface area contributed by atoms with E-state index in [1.54, 1.807) is 0 Å². The van der Waals surface area contributed by atoms with E-state index in [1.807, 2.05) is 6.92 Å². The number of hydrogen-bond donors (Lipinski definition) is 0. The molecule has 0 aromatic rings. The number of ether oxygens (including phenoxy) is 1. The fourth-order valence-electron chi connectivity index (χ4n) is 3.48. The number of esters is 1. The Kier molecular flexibility index (Phi) is 4.38. The maximum Gasteiger partial charge on any atom is 0.310 e. The fourth-order valence-corrected chi connectivity index (χ4v) is 3.48. The smallest absolute Gasteiger partial charge is 0.310 e. The fraction of sp³-hybridized carbons (Fsp3) is 0.550. The molecule has 0 amide bonds. The van der Waals surface area contributed by atoms with Crippen LogP contribution in [0.1, 0.15) is 47.5 Å². The molecule has 2 nitrogen and oxygen atoms in total. The third-order valence-corrected chi connectivity index (χ3v) is 5.03. The summed E-state index contributed by atoms with van der Waals surface area (Å²) in [5.74, 6) is 2.80. The number of terminal acetylenes is 1. The second-order valence-electron chi connectivity index (χ2n) is 7.34. The van der Waals surface area contributed by atoms with Gasteiger partial charge < -0.3 is 4.74 Å². The molecule has 1 saturated carbocycles. The number of rotatable bonds is 4. The van der Waals surface area contributed by atoms with Crippen molar-refractivity contribution in [2.45, 2.75) is 53.6 Å². The standard InChI is InChI=1S/C20H26O2/c1-8-9-15-13(4)11-17(14(15)5)22-19(21)18-16(10-12(2)3)20(18,6)7/h1,10,16-18H,4,9,11H2,2-3,5-7H3/t16-,17?,18+/m0/s1. The first-order valence-corrected chi connectivity index (χ1v) is 7.87. The van der Waals surface area contributed by atoms with Crippen molar-refractivity contribution in [2.75, 3.05) is 0 Å². The molecule has 22 heavy (non-hydrogen) atoms. The van der Waals surface area contributed by atoms with Gasteiger partial charge in [0.2, 0.25) is 0 Å². The molecule has 118 valence electrons. The van der Waals surface area contributed by atoms with Crippen LogP contribution in [0.5, 0.6) is 0 Å². The Morgan fingerprint density at radius 2 is 2.14 bits per heavy atom. The van der Waals surface area contributed by atoms with Crippen molar-refractivity contribution < 1.29 is 9.53 Å². The Morgan fingerprint density at radius 1 is 1.50 bits per heavy atom. The van der Waals surface area contributed by atoms with Gasteiger partial charge in [0.1, 0.15) is 6.10 Å². The van der Waals surface area contributed by atoms with Crippen LogP contribution >= 0.6 is 0 Å². The minimum Gasteiger partial charge on any atom is -0.457 e. The highest BCUT2D eigenvalue weighted by Gasteiger charge is 2.61. The summed E-state index contributed by atoms with van der Waals surface area (Å²) in [5.41, 5.74) is 4.38. The van der Waals surface area contributed by atoms with Gasteiger partial charge >= 0.3 is 5.97 Å². The predicted molar refractivity (Wildman–Crippen MR) is 90.0 cm³/mol. The van der Waals surface area contributed by atoms with Gasteiger partial charge in [-0.3, -0.25) is 4.79 Å². The molecule has 0 aromatic heterocycles. The molecule has 0 N–H and O–H groups in total. The number of carbonyl (C=O) groups is 1. The van der Waals surface area contributed by atoms with Gasteiger partial charge in [-0.05, 0) is 48.8 Å². The highest BCUT2D eigenvalue weighted by molar-refractivity contribution is 5.79. The van der Waals surface area contributed by atoms with Crippen molar-refractivity contribution in [1.82, 2.24) is 0 Å². The van der Waals surface area contributed by atoms with Crippen molar-refractivity contribution in [3.05, 3.63) is 34.9 Å². The molecule has 0 spiro atoms. The molecular formula is C20H26O2. The van der Waals surface area contributed by atoms with Gasteiger partial charge in [0.25, 0.3) is 0 Å². The van der Waals surface area contributed by atoms with Gasteiger partial charge in [0, 0.05) is 12.8 Å². The van der Waals surface area contributed by atoms with E-state index in [2.05, 4.69) is 46.3 Å². The summed E-state index contributed by atoms with van der Waals surface area (Å²) < 4.78 is 5.79. The van der Waals surface area contributed by atoms with Crippen molar-refractivity contribution in [2.24, 2.45) is 17.3 Å². The number of allylic oxidation sites excluding steroid dienone is 3. The minimum atomic E-state index is -0.188. The second-order valence-corrected chi connectivity index (χ2v) is 7.34. The van der Waals surface area contributed by atoms with Gasteiger partial charge in [-0.15, -0.1) is 12.3 Å². The molecule has 0 radical (unpaired) electrons. The largest absolute Gasteiger partial charge is 0.457 e. The average Bonchev–Trinajstić information content (AvgIpc) is 2.83. The summed E-state index contributed by atoms with van der Waals surface area (Å²) in [4.78, 5) is 12.5. The SMILES string of the molecule is C#CCC1=C(C)C(OC(=O)[C@H]2[C@H](C=C(C)C)C2(C)C)CC1=C. The molecule has 2 aliphatic rings. The second kappa shape index (κ2) is 5.80. The first kappa shape index (κ1) is 16.6. The molecular weight excluding hydrogens is 272 g/mol.